The third-order valence-corrected chi connectivity index (χ3v) is 5.31. The number of aromatic nitrogens is 3. The zero-order valence-electron chi connectivity index (χ0n) is 18.4. The van der Waals surface area contributed by atoms with E-state index in [-0.39, 0.29) is 29.9 Å². The molecule has 0 saturated carbocycles. The molecule has 1 aliphatic heterocycles. The van der Waals surface area contributed by atoms with Gasteiger partial charge in [-0.3, -0.25) is 10.00 Å². The SMILES string of the molecule is CCNC(=NCc1cccc(-c2ncn[nH]2)c1)N1CCC(CN(CC)CC(F)(F)F)C1.I. The van der Waals surface area contributed by atoms with Crippen molar-refractivity contribution in [1.29, 1.82) is 0 Å². The maximum Gasteiger partial charge on any atom is 0.401 e. The second-order valence-electron chi connectivity index (χ2n) is 7.75. The van der Waals surface area contributed by atoms with Gasteiger partial charge in [-0.2, -0.15) is 18.3 Å². The van der Waals surface area contributed by atoms with E-state index in [0.29, 0.717) is 32.0 Å². The third-order valence-electron chi connectivity index (χ3n) is 5.31. The van der Waals surface area contributed by atoms with Crippen LogP contribution in [-0.2, 0) is 6.54 Å². The number of H-pyrrole nitrogens is 1. The first-order valence-corrected chi connectivity index (χ1v) is 10.6. The lowest BCUT2D eigenvalue weighted by Gasteiger charge is -2.26. The fourth-order valence-corrected chi connectivity index (χ4v) is 3.85. The molecule has 0 bridgehead atoms. The van der Waals surface area contributed by atoms with Crippen LogP contribution in [0.1, 0.15) is 25.8 Å². The van der Waals surface area contributed by atoms with E-state index in [1.54, 1.807) is 6.92 Å². The van der Waals surface area contributed by atoms with Gasteiger partial charge < -0.3 is 10.2 Å². The van der Waals surface area contributed by atoms with Gasteiger partial charge in [-0.25, -0.2) is 9.98 Å². The molecule has 32 heavy (non-hydrogen) atoms. The molecule has 7 nitrogen and oxygen atoms in total. The van der Waals surface area contributed by atoms with E-state index in [0.717, 1.165) is 36.6 Å². The zero-order valence-corrected chi connectivity index (χ0v) is 20.7. The van der Waals surface area contributed by atoms with Crippen LogP contribution in [0, 0.1) is 5.92 Å². The third kappa shape index (κ3) is 7.91. The Kier molecular flexibility index (Phi) is 10.2. The van der Waals surface area contributed by atoms with E-state index in [4.69, 9.17) is 4.99 Å². The lowest BCUT2D eigenvalue weighted by molar-refractivity contribution is -0.146. The van der Waals surface area contributed by atoms with Crippen LogP contribution >= 0.6 is 24.0 Å². The molecule has 1 unspecified atom stereocenters. The topological polar surface area (TPSA) is 72.4 Å². The van der Waals surface area contributed by atoms with Gasteiger partial charge in [-0.15, -0.1) is 24.0 Å². The lowest BCUT2D eigenvalue weighted by atomic mass is 10.1. The quantitative estimate of drug-likeness (QED) is 0.290. The van der Waals surface area contributed by atoms with E-state index in [1.165, 1.54) is 11.2 Å². The maximum atomic E-state index is 12.8. The molecule has 0 aliphatic carbocycles. The largest absolute Gasteiger partial charge is 0.401 e. The molecule has 0 spiro atoms. The van der Waals surface area contributed by atoms with Crippen molar-refractivity contribution in [3.63, 3.8) is 0 Å². The number of nitrogens with zero attached hydrogens (tertiary/aromatic N) is 5. The maximum absolute atomic E-state index is 12.8. The molecule has 2 aromatic rings. The van der Waals surface area contributed by atoms with Gasteiger partial charge in [-0.1, -0.05) is 25.1 Å². The number of guanidine groups is 1. The summed E-state index contributed by atoms with van der Waals surface area (Å²) in [6, 6.07) is 7.96. The Hall–Kier alpha value is -1.89. The monoisotopic (exact) mass is 565 g/mol. The Labute approximate surface area is 203 Å². The summed E-state index contributed by atoms with van der Waals surface area (Å²) < 4.78 is 38.3. The molecule has 0 amide bonds. The number of rotatable bonds is 8. The van der Waals surface area contributed by atoms with Crippen molar-refractivity contribution < 1.29 is 13.2 Å². The van der Waals surface area contributed by atoms with E-state index < -0.39 is 12.7 Å². The Morgan fingerprint density at radius 2 is 2.16 bits per heavy atom. The summed E-state index contributed by atoms with van der Waals surface area (Å²) in [6.45, 7) is 6.50. The van der Waals surface area contributed by atoms with Crippen molar-refractivity contribution >= 4 is 29.9 Å². The average Bonchev–Trinajstić information content (AvgIpc) is 3.42. The number of likely N-dealkylation sites (tertiary alicyclic amines) is 1. The molecule has 1 atom stereocenters. The van der Waals surface area contributed by atoms with Crippen LogP contribution in [0.2, 0.25) is 0 Å². The zero-order chi connectivity index (χ0) is 22.3. The predicted octanol–water partition coefficient (Wildman–Crippen LogP) is 3.76. The van der Waals surface area contributed by atoms with Gasteiger partial charge in [-0.05, 0) is 37.4 Å². The molecule has 0 radical (unpaired) electrons. The minimum absolute atomic E-state index is 0. The van der Waals surface area contributed by atoms with E-state index in [9.17, 15) is 13.2 Å². The van der Waals surface area contributed by atoms with Crippen molar-refractivity contribution in [2.45, 2.75) is 33.0 Å². The Morgan fingerprint density at radius 3 is 2.81 bits per heavy atom. The van der Waals surface area contributed by atoms with Crippen LogP contribution in [-0.4, -0.2) is 76.4 Å². The Bertz CT molecular complexity index is 842. The normalized spacial score (nSPS) is 17.0. The van der Waals surface area contributed by atoms with Gasteiger partial charge in [0.2, 0.25) is 0 Å². The number of benzene rings is 1. The summed E-state index contributed by atoms with van der Waals surface area (Å²) in [5, 5.41) is 10.1. The minimum Gasteiger partial charge on any atom is -0.357 e. The van der Waals surface area contributed by atoms with Gasteiger partial charge >= 0.3 is 6.18 Å². The van der Waals surface area contributed by atoms with Gasteiger partial charge in [0.1, 0.15) is 6.33 Å². The van der Waals surface area contributed by atoms with Gasteiger partial charge in [0.25, 0.3) is 0 Å². The summed E-state index contributed by atoms with van der Waals surface area (Å²) in [7, 11) is 0. The van der Waals surface area contributed by atoms with E-state index in [1.807, 2.05) is 31.2 Å². The number of halogens is 4. The molecule has 11 heteroatoms. The van der Waals surface area contributed by atoms with Gasteiger partial charge in [0, 0.05) is 31.7 Å². The first kappa shape index (κ1) is 26.4. The number of nitrogens with one attached hydrogen (secondary N) is 2. The minimum atomic E-state index is -4.16. The highest BCUT2D eigenvalue weighted by Gasteiger charge is 2.33. The number of hydrogen-bond donors (Lipinski definition) is 2. The second kappa shape index (κ2) is 12.4. The second-order valence-corrected chi connectivity index (χ2v) is 7.75. The van der Waals surface area contributed by atoms with Crippen molar-refractivity contribution in [3.05, 3.63) is 36.2 Å². The Morgan fingerprint density at radius 1 is 1.34 bits per heavy atom. The molecule has 1 saturated heterocycles. The summed E-state index contributed by atoms with van der Waals surface area (Å²) in [6.07, 6.45) is -1.83. The molecule has 3 rings (SSSR count). The fourth-order valence-electron chi connectivity index (χ4n) is 3.85. The van der Waals surface area contributed by atoms with Crippen LogP contribution in [0.3, 0.4) is 0 Å². The summed E-state index contributed by atoms with van der Waals surface area (Å²) >= 11 is 0. The van der Waals surface area contributed by atoms with Gasteiger partial charge in [0.05, 0.1) is 13.1 Å². The lowest BCUT2D eigenvalue weighted by Crippen LogP contribution is -2.41. The molecular formula is C21H31F3IN7. The highest BCUT2D eigenvalue weighted by Crippen LogP contribution is 2.22. The van der Waals surface area contributed by atoms with Crippen LogP contribution in [0.25, 0.3) is 11.4 Å². The highest BCUT2D eigenvalue weighted by molar-refractivity contribution is 14.0. The molecule has 1 aromatic heterocycles. The van der Waals surface area contributed by atoms with Crippen LogP contribution in [0.5, 0.6) is 0 Å². The first-order valence-electron chi connectivity index (χ1n) is 10.6. The number of alkyl halides is 3. The molecule has 2 N–H and O–H groups in total. The molecule has 1 fully saturated rings. The highest BCUT2D eigenvalue weighted by atomic mass is 127. The van der Waals surface area contributed by atoms with E-state index >= 15 is 0 Å². The molecule has 2 heterocycles. The van der Waals surface area contributed by atoms with Crippen LogP contribution in [0.15, 0.2) is 35.6 Å². The number of aromatic amines is 1. The van der Waals surface area contributed by atoms with Crippen molar-refractivity contribution in [1.82, 2.24) is 30.3 Å². The van der Waals surface area contributed by atoms with Gasteiger partial charge in [0.15, 0.2) is 11.8 Å². The number of aliphatic imine (C=N–C) groups is 1. The molecule has 1 aliphatic rings. The first-order chi connectivity index (χ1) is 14.9. The molecule has 1 aromatic carbocycles. The average molecular weight is 565 g/mol. The standard InChI is InChI=1S/C21H30F3N7.HI/c1-3-25-20(26-11-16-6-5-7-18(10-16)19-27-15-28-29-19)31-9-8-17(13-31)12-30(4-2)14-21(22,23)24;/h5-7,10,15,17H,3-4,8-9,11-14H2,1-2H3,(H,25,26)(H,27,28,29);1H. The van der Waals surface area contributed by atoms with Crippen molar-refractivity contribution in [2.75, 3.05) is 39.3 Å². The number of hydrogen-bond acceptors (Lipinski definition) is 4. The summed E-state index contributed by atoms with van der Waals surface area (Å²) in [5.41, 5.74) is 1.99. The molecule has 178 valence electrons. The van der Waals surface area contributed by atoms with Crippen LogP contribution in [0.4, 0.5) is 13.2 Å². The van der Waals surface area contributed by atoms with Crippen molar-refractivity contribution in [3.8, 4) is 11.4 Å². The van der Waals surface area contributed by atoms with E-state index in [2.05, 4.69) is 25.4 Å². The smallest absolute Gasteiger partial charge is 0.357 e. The van der Waals surface area contributed by atoms with Crippen LogP contribution < -0.4 is 5.32 Å². The molecular weight excluding hydrogens is 534 g/mol. The Balaban J connectivity index is 0.00000363. The summed E-state index contributed by atoms with van der Waals surface area (Å²) in [5.74, 6) is 1.70. The predicted molar refractivity (Wildman–Crippen MR) is 130 cm³/mol. The summed E-state index contributed by atoms with van der Waals surface area (Å²) in [4.78, 5) is 12.6. The van der Waals surface area contributed by atoms with Crippen molar-refractivity contribution in [2.24, 2.45) is 10.9 Å². The fraction of sp³-hybridized carbons (Fsp3) is 0.571.